The fourth-order valence-corrected chi connectivity index (χ4v) is 1.17. The highest BCUT2D eigenvalue weighted by atomic mass is 32.2. The Kier molecular flexibility index (Phi) is 2.67. The molecule has 0 fully saturated rings. The van der Waals surface area contributed by atoms with Crippen LogP contribution in [0.2, 0.25) is 0 Å². The summed E-state index contributed by atoms with van der Waals surface area (Å²) in [5, 5.41) is 0.922. The molecule has 0 aromatic carbocycles. The maximum absolute atomic E-state index is 5.19. The van der Waals surface area contributed by atoms with Crippen LogP contribution >= 0.6 is 11.8 Å². The maximum Gasteiger partial charge on any atom is 0.144 e. The molecule has 0 bridgehead atoms. The van der Waals surface area contributed by atoms with Gasteiger partial charge in [-0.25, -0.2) is 15.8 Å². The van der Waals surface area contributed by atoms with Gasteiger partial charge in [0.2, 0.25) is 0 Å². The first-order valence-electron chi connectivity index (χ1n) is 3.12. The van der Waals surface area contributed by atoms with Crippen LogP contribution in [-0.4, -0.2) is 16.2 Å². The second-order valence-corrected chi connectivity index (χ2v) is 2.81. The SMILES string of the molecule is CSc1cc(NN)nc(C)n1. The van der Waals surface area contributed by atoms with Crippen molar-refractivity contribution < 1.29 is 0 Å². The van der Waals surface area contributed by atoms with Crippen molar-refractivity contribution in [3.05, 3.63) is 11.9 Å². The number of hydrogen-bond donors (Lipinski definition) is 2. The Bertz CT molecular complexity index is 228. The molecule has 0 aliphatic carbocycles. The molecule has 0 saturated carbocycles. The quantitative estimate of drug-likeness (QED) is 0.297. The lowest BCUT2D eigenvalue weighted by Gasteiger charge is -2.01. The average molecular weight is 170 g/mol. The number of nitrogen functional groups attached to an aromatic ring is 1. The molecule has 0 aliphatic heterocycles. The molecule has 1 rings (SSSR count). The van der Waals surface area contributed by atoms with Crippen molar-refractivity contribution in [2.75, 3.05) is 11.7 Å². The number of thioether (sulfide) groups is 1. The molecular weight excluding hydrogens is 160 g/mol. The van der Waals surface area contributed by atoms with Crippen molar-refractivity contribution in [3.63, 3.8) is 0 Å². The van der Waals surface area contributed by atoms with E-state index in [2.05, 4.69) is 15.4 Å². The highest BCUT2D eigenvalue weighted by Gasteiger charge is 1.97. The highest BCUT2D eigenvalue weighted by Crippen LogP contribution is 2.14. The Hall–Kier alpha value is -0.810. The molecule has 11 heavy (non-hydrogen) atoms. The number of nitrogens with one attached hydrogen (secondary N) is 1. The summed E-state index contributed by atoms with van der Waals surface area (Å²) in [6.45, 7) is 1.83. The molecule has 0 spiro atoms. The van der Waals surface area contributed by atoms with Gasteiger partial charge in [-0.3, -0.25) is 0 Å². The zero-order valence-electron chi connectivity index (χ0n) is 6.46. The topological polar surface area (TPSA) is 63.8 Å². The fraction of sp³-hybridized carbons (Fsp3) is 0.333. The number of hydrazine groups is 1. The third kappa shape index (κ3) is 2.06. The van der Waals surface area contributed by atoms with Crippen LogP contribution in [0.3, 0.4) is 0 Å². The smallest absolute Gasteiger partial charge is 0.144 e. The summed E-state index contributed by atoms with van der Waals surface area (Å²) in [5.74, 6) is 6.57. The van der Waals surface area contributed by atoms with Crippen molar-refractivity contribution in [1.29, 1.82) is 0 Å². The molecule has 3 N–H and O–H groups in total. The van der Waals surface area contributed by atoms with Crippen LogP contribution in [0.15, 0.2) is 11.1 Å². The van der Waals surface area contributed by atoms with Crippen molar-refractivity contribution >= 4 is 17.6 Å². The number of nitrogens with zero attached hydrogens (tertiary/aromatic N) is 2. The Morgan fingerprint density at radius 3 is 2.82 bits per heavy atom. The van der Waals surface area contributed by atoms with Crippen LogP contribution in [0.1, 0.15) is 5.82 Å². The van der Waals surface area contributed by atoms with Gasteiger partial charge >= 0.3 is 0 Å². The molecule has 1 aromatic rings. The van der Waals surface area contributed by atoms with Crippen molar-refractivity contribution in [2.45, 2.75) is 11.9 Å². The van der Waals surface area contributed by atoms with E-state index in [4.69, 9.17) is 5.84 Å². The zero-order valence-corrected chi connectivity index (χ0v) is 7.27. The summed E-state index contributed by atoms with van der Waals surface area (Å²) < 4.78 is 0. The molecule has 0 radical (unpaired) electrons. The first-order valence-corrected chi connectivity index (χ1v) is 4.35. The zero-order chi connectivity index (χ0) is 8.27. The molecule has 4 nitrogen and oxygen atoms in total. The van der Waals surface area contributed by atoms with E-state index in [9.17, 15) is 0 Å². The second-order valence-electron chi connectivity index (χ2n) is 1.99. The Balaban J connectivity index is 3.02. The first-order chi connectivity index (χ1) is 5.26. The Morgan fingerprint density at radius 1 is 1.55 bits per heavy atom. The minimum atomic E-state index is 0.654. The monoisotopic (exact) mass is 170 g/mol. The lowest BCUT2D eigenvalue weighted by Crippen LogP contribution is -2.09. The number of aromatic nitrogens is 2. The van der Waals surface area contributed by atoms with Gasteiger partial charge in [0.1, 0.15) is 16.7 Å². The lowest BCUT2D eigenvalue weighted by atomic mass is 10.5. The maximum atomic E-state index is 5.19. The van der Waals surface area contributed by atoms with E-state index in [0.29, 0.717) is 5.82 Å². The lowest BCUT2D eigenvalue weighted by molar-refractivity contribution is 0.965. The van der Waals surface area contributed by atoms with E-state index in [1.54, 1.807) is 17.8 Å². The number of aryl methyl sites for hydroxylation is 1. The van der Waals surface area contributed by atoms with Crippen LogP contribution in [0, 0.1) is 6.92 Å². The molecule has 5 heteroatoms. The molecule has 60 valence electrons. The summed E-state index contributed by atoms with van der Waals surface area (Å²) in [6, 6.07) is 1.80. The largest absolute Gasteiger partial charge is 0.308 e. The second kappa shape index (κ2) is 3.54. The van der Waals surface area contributed by atoms with E-state index in [1.807, 2.05) is 13.2 Å². The molecule has 0 amide bonds. The number of rotatable bonds is 2. The summed E-state index contributed by atoms with van der Waals surface area (Å²) in [4.78, 5) is 8.20. The number of anilines is 1. The Morgan fingerprint density at radius 2 is 2.27 bits per heavy atom. The van der Waals surface area contributed by atoms with Gasteiger partial charge in [-0.1, -0.05) is 0 Å². The predicted molar refractivity (Wildman–Crippen MR) is 46.4 cm³/mol. The fourth-order valence-electron chi connectivity index (χ4n) is 0.719. The summed E-state index contributed by atoms with van der Waals surface area (Å²) >= 11 is 1.57. The molecule has 0 unspecified atom stereocenters. The molecule has 0 atom stereocenters. The summed E-state index contributed by atoms with van der Waals surface area (Å²) in [7, 11) is 0. The van der Waals surface area contributed by atoms with Gasteiger partial charge in [-0.15, -0.1) is 11.8 Å². The van der Waals surface area contributed by atoms with E-state index < -0.39 is 0 Å². The molecular formula is C6H10N4S. The van der Waals surface area contributed by atoms with Crippen molar-refractivity contribution in [3.8, 4) is 0 Å². The van der Waals surface area contributed by atoms with Gasteiger partial charge in [-0.2, -0.15) is 0 Å². The molecule has 0 aliphatic rings. The minimum Gasteiger partial charge on any atom is -0.308 e. The molecule has 1 heterocycles. The molecule has 1 aromatic heterocycles. The predicted octanol–water partition coefficient (Wildman–Crippen LogP) is 0.793. The van der Waals surface area contributed by atoms with E-state index >= 15 is 0 Å². The standard InChI is InChI=1S/C6H10N4S/c1-4-8-5(10-7)3-6(9-4)11-2/h3H,7H2,1-2H3,(H,8,9,10). The van der Waals surface area contributed by atoms with Gasteiger partial charge in [0, 0.05) is 6.07 Å². The number of hydrogen-bond acceptors (Lipinski definition) is 5. The van der Waals surface area contributed by atoms with Gasteiger partial charge in [0.05, 0.1) is 0 Å². The van der Waals surface area contributed by atoms with Gasteiger partial charge in [-0.05, 0) is 13.2 Å². The van der Waals surface area contributed by atoms with Crippen LogP contribution in [-0.2, 0) is 0 Å². The number of nitrogens with two attached hydrogens (primary N) is 1. The van der Waals surface area contributed by atoms with E-state index in [-0.39, 0.29) is 0 Å². The first kappa shape index (κ1) is 8.29. The van der Waals surface area contributed by atoms with Gasteiger partial charge < -0.3 is 5.43 Å². The van der Waals surface area contributed by atoms with Gasteiger partial charge in [0.15, 0.2) is 0 Å². The third-order valence-corrected chi connectivity index (χ3v) is 1.80. The van der Waals surface area contributed by atoms with Crippen LogP contribution in [0.25, 0.3) is 0 Å². The molecule has 0 saturated heterocycles. The highest BCUT2D eigenvalue weighted by molar-refractivity contribution is 7.98. The summed E-state index contributed by atoms with van der Waals surface area (Å²) in [6.07, 6.45) is 1.96. The van der Waals surface area contributed by atoms with Crippen LogP contribution in [0.4, 0.5) is 5.82 Å². The van der Waals surface area contributed by atoms with Gasteiger partial charge in [0.25, 0.3) is 0 Å². The van der Waals surface area contributed by atoms with Crippen LogP contribution in [0.5, 0.6) is 0 Å². The minimum absolute atomic E-state index is 0.654. The average Bonchev–Trinajstić information content (AvgIpc) is 2.03. The van der Waals surface area contributed by atoms with E-state index in [1.165, 1.54) is 0 Å². The van der Waals surface area contributed by atoms with Crippen molar-refractivity contribution in [1.82, 2.24) is 9.97 Å². The third-order valence-electron chi connectivity index (χ3n) is 1.17. The van der Waals surface area contributed by atoms with Crippen molar-refractivity contribution in [2.24, 2.45) is 5.84 Å². The van der Waals surface area contributed by atoms with Crippen LogP contribution < -0.4 is 11.3 Å². The van der Waals surface area contributed by atoms with E-state index in [0.717, 1.165) is 10.9 Å². The Labute approximate surface area is 69.6 Å². The summed E-state index contributed by atoms with van der Waals surface area (Å²) in [5.41, 5.74) is 2.48. The normalized spacial score (nSPS) is 9.73.